The predicted octanol–water partition coefficient (Wildman–Crippen LogP) is 11.3. The van der Waals surface area contributed by atoms with Gasteiger partial charge in [0.15, 0.2) is 0 Å². The monoisotopic (exact) mass is 576 g/mol. The van der Waals surface area contributed by atoms with Crippen molar-refractivity contribution in [2.75, 3.05) is 0 Å². The molecule has 45 heavy (non-hydrogen) atoms. The molecule has 10 rings (SSSR count). The second kappa shape index (κ2) is 9.35. The summed E-state index contributed by atoms with van der Waals surface area (Å²) in [4.78, 5) is 0. The van der Waals surface area contributed by atoms with Crippen molar-refractivity contribution >= 4 is 60.7 Å². The minimum atomic E-state index is 0.910. The van der Waals surface area contributed by atoms with E-state index in [9.17, 15) is 0 Å². The molecule has 9 aromatic rings. The third-order valence-electron chi connectivity index (χ3n) is 9.60. The van der Waals surface area contributed by atoms with Crippen LogP contribution in [-0.4, -0.2) is 9.13 Å². The van der Waals surface area contributed by atoms with Gasteiger partial charge in [0.05, 0.1) is 27.6 Å². The van der Waals surface area contributed by atoms with Gasteiger partial charge in [-0.3, -0.25) is 0 Å². The molecule has 0 bridgehead atoms. The number of hydrogen-bond acceptors (Lipinski definition) is 1. The summed E-state index contributed by atoms with van der Waals surface area (Å²) in [6, 6.07) is 47.9. The van der Waals surface area contributed by atoms with Crippen molar-refractivity contribution < 1.29 is 4.42 Å². The van der Waals surface area contributed by atoms with E-state index in [0.717, 1.165) is 40.5 Å². The number of rotatable bonds is 3. The number of allylic oxidation sites excluding steroid dienone is 1. The van der Waals surface area contributed by atoms with Crippen molar-refractivity contribution in [3.63, 3.8) is 0 Å². The van der Waals surface area contributed by atoms with Gasteiger partial charge in [0, 0.05) is 32.9 Å². The molecule has 0 radical (unpaired) electrons. The Balaban J connectivity index is 1.29. The number of nitrogens with zero attached hydrogens (tertiary/aromatic N) is 2. The van der Waals surface area contributed by atoms with Gasteiger partial charge in [-0.1, -0.05) is 91.0 Å². The minimum absolute atomic E-state index is 0.910. The summed E-state index contributed by atoms with van der Waals surface area (Å²) in [5.41, 5.74) is 13.0. The highest BCUT2D eigenvalue weighted by Gasteiger charge is 2.25. The molecule has 6 aromatic carbocycles. The lowest BCUT2D eigenvalue weighted by molar-refractivity contribution is 0.669. The van der Waals surface area contributed by atoms with Gasteiger partial charge >= 0.3 is 0 Å². The average Bonchev–Trinajstić information content (AvgIpc) is 3.76. The van der Waals surface area contributed by atoms with Crippen molar-refractivity contribution in [3.05, 3.63) is 151 Å². The van der Waals surface area contributed by atoms with Gasteiger partial charge in [0.1, 0.15) is 11.2 Å². The van der Waals surface area contributed by atoms with Crippen LogP contribution >= 0.6 is 0 Å². The number of benzene rings is 6. The molecule has 0 aliphatic heterocycles. The zero-order valence-electron chi connectivity index (χ0n) is 24.6. The largest absolute Gasteiger partial charge is 0.456 e. The number of furan rings is 1. The summed E-state index contributed by atoms with van der Waals surface area (Å²) >= 11 is 0. The Labute approximate surface area is 259 Å². The zero-order valence-corrected chi connectivity index (χ0v) is 24.6. The smallest absolute Gasteiger partial charge is 0.137 e. The van der Waals surface area contributed by atoms with Crippen LogP contribution in [0, 0.1) is 0 Å². The SMILES string of the molecule is C1=Cc2c(c3c4c5ccccc5n(-c5cccc6oc7ccccc7c56)c4ccc3n2-c2ccc(-c3ccccc3)cc2)CC1. The normalized spacial score (nSPS) is 13.1. The van der Waals surface area contributed by atoms with E-state index in [1.165, 1.54) is 60.8 Å². The van der Waals surface area contributed by atoms with Crippen LogP contribution in [0.4, 0.5) is 0 Å². The molecule has 0 unspecified atom stereocenters. The molecular weight excluding hydrogens is 548 g/mol. The first-order valence-electron chi connectivity index (χ1n) is 15.7. The first-order chi connectivity index (χ1) is 22.3. The number of aryl methyl sites for hydroxylation is 1. The van der Waals surface area contributed by atoms with E-state index in [-0.39, 0.29) is 0 Å². The van der Waals surface area contributed by atoms with Crippen LogP contribution in [0.5, 0.6) is 0 Å². The molecule has 0 saturated heterocycles. The maximum absolute atomic E-state index is 6.32. The lowest BCUT2D eigenvalue weighted by Crippen LogP contribution is -2.00. The van der Waals surface area contributed by atoms with Crippen LogP contribution in [-0.2, 0) is 6.42 Å². The van der Waals surface area contributed by atoms with Gasteiger partial charge in [0.2, 0.25) is 0 Å². The molecule has 0 spiro atoms. The van der Waals surface area contributed by atoms with Gasteiger partial charge in [-0.2, -0.15) is 0 Å². The van der Waals surface area contributed by atoms with Crippen LogP contribution < -0.4 is 0 Å². The Morgan fingerprint density at radius 3 is 2.07 bits per heavy atom. The third kappa shape index (κ3) is 3.46. The average molecular weight is 577 g/mol. The van der Waals surface area contributed by atoms with Gasteiger partial charge in [-0.05, 0) is 84.1 Å². The molecule has 1 aliphatic rings. The molecule has 0 saturated carbocycles. The topological polar surface area (TPSA) is 23.0 Å². The van der Waals surface area contributed by atoms with Gasteiger partial charge in [-0.25, -0.2) is 0 Å². The molecule has 0 atom stereocenters. The summed E-state index contributed by atoms with van der Waals surface area (Å²) in [6.45, 7) is 0. The zero-order chi connectivity index (χ0) is 29.5. The van der Waals surface area contributed by atoms with Crippen LogP contribution in [0.1, 0.15) is 17.7 Å². The standard InChI is InChI=1S/C42H28N2O/c1-2-11-27(12-3-1)28-21-23-29(24-22-28)43-33-16-7-4-13-30(33)41-36(43)25-26-37-42(41)31-14-5-8-17-34(31)44(37)35-18-10-20-39-40(35)32-15-6-9-19-38(32)45-39/h1-3,5-12,14-26H,4,13H2. The molecule has 3 nitrogen and oxygen atoms in total. The van der Waals surface area contributed by atoms with Crippen molar-refractivity contribution in [3.8, 4) is 22.5 Å². The van der Waals surface area contributed by atoms with Crippen molar-refractivity contribution in [2.24, 2.45) is 0 Å². The highest BCUT2D eigenvalue weighted by Crippen LogP contribution is 2.44. The number of aromatic nitrogens is 2. The quantitative estimate of drug-likeness (QED) is 0.205. The molecule has 0 amide bonds. The van der Waals surface area contributed by atoms with E-state index in [2.05, 4.69) is 149 Å². The van der Waals surface area contributed by atoms with E-state index >= 15 is 0 Å². The Morgan fingerprint density at radius 1 is 0.489 bits per heavy atom. The molecule has 3 aromatic heterocycles. The molecule has 212 valence electrons. The lowest BCUT2D eigenvalue weighted by atomic mass is 9.98. The van der Waals surface area contributed by atoms with E-state index in [0.29, 0.717) is 0 Å². The van der Waals surface area contributed by atoms with E-state index in [1.807, 2.05) is 6.07 Å². The fourth-order valence-electron chi connectivity index (χ4n) is 7.70. The first kappa shape index (κ1) is 24.6. The Hall–Kier alpha value is -5.80. The molecule has 0 N–H and O–H groups in total. The molecular formula is C42H28N2O. The molecule has 3 heterocycles. The van der Waals surface area contributed by atoms with Crippen LogP contribution in [0.15, 0.2) is 144 Å². The Morgan fingerprint density at radius 2 is 1.20 bits per heavy atom. The minimum Gasteiger partial charge on any atom is -0.456 e. The highest BCUT2D eigenvalue weighted by atomic mass is 16.3. The number of para-hydroxylation sites is 2. The Kier molecular flexibility index (Phi) is 5.11. The maximum atomic E-state index is 6.32. The lowest BCUT2D eigenvalue weighted by Gasteiger charge is -2.13. The summed E-state index contributed by atoms with van der Waals surface area (Å²) in [5, 5.41) is 6.24. The van der Waals surface area contributed by atoms with Gasteiger partial charge in [-0.15, -0.1) is 0 Å². The van der Waals surface area contributed by atoms with Crippen LogP contribution in [0.25, 0.3) is 83.2 Å². The Bertz CT molecular complexity index is 2630. The highest BCUT2D eigenvalue weighted by molar-refractivity contribution is 6.23. The first-order valence-corrected chi connectivity index (χ1v) is 15.7. The number of fused-ring (bicyclic) bond motifs is 10. The predicted molar refractivity (Wildman–Crippen MR) is 188 cm³/mol. The summed E-state index contributed by atoms with van der Waals surface area (Å²) < 4.78 is 11.2. The van der Waals surface area contributed by atoms with E-state index < -0.39 is 0 Å². The second-order valence-electron chi connectivity index (χ2n) is 12.0. The molecule has 3 heteroatoms. The van der Waals surface area contributed by atoms with Crippen molar-refractivity contribution in [2.45, 2.75) is 12.8 Å². The summed E-state index contributed by atoms with van der Waals surface area (Å²) in [7, 11) is 0. The fourth-order valence-corrected chi connectivity index (χ4v) is 7.70. The van der Waals surface area contributed by atoms with Crippen molar-refractivity contribution in [1.29, 1.82) is 0 Å². The maximum Gasteiger partial charge on any atom is 0.137 e. The van der Waals surface area contributed by atoms with Crippen LogP contribution in [0.2, 0.25) is 0 Å². The van der Waals surface area contributed by atoms with Gasteiger partial charge in [0.25, 0.3) is 0 Å². The molecule has 0 fully saturated rings. The number of hydrogen-bond donors (Lipinski definition) is 0. The molecule has 1 aliphatic carbocycles. The van der Waals surface area contributed by atoms with Gasteiger partial charge < -0.3 is 13.6 Å². The second-order valence-corrected chi connectivity index (χ2v) is 12.0. The summed E-state index contributed by atoms with van der Waals surface area (Å²) in [6.07, 6.45) is 6.72. The van der Waals surface area contributed by atoms with E-state index in [1.54, 1.807) is 0 Å². The third-order valence-corrected chi connectivity index (χ3v) is 9.60. The fraction of sp³-hybridized carbons (Fsp3) is 0.0476. The van der Waals surface area contributed by atoms with Crippen molar-refractivity contribution in [1.82, 2.24) is 9.13 Å². The van der Waals surface area contributed by atoms with E-state index in [4.69, 9.17) is 4.42 Å². The summed E-state index contributed by atoms with van der Waals surface area (Å²) in [5.74, 6) is 0. The van der Waals surface area contributed by atoms with Crippen LogP contribution in [0.3, 0.4) is 0 Å².